The number of imide groups is 1. The highest BCUT2D eigenvalue weighted by Gasteiger charge is 2.50. The highest BCUT2D eigenvalue weighted by Crippen LogP contribution is 2.31. The highest BCUT2D eigenvalue weighted by atomic mass is 19.1. The van der Waals surface area contributed by atoms with Crippen LogP contribution >= 0.6 is 0 Å². The minimum Gasteiger partial charge on any atom is -0.463 e. The Kier molecular flexibility index (Phi) is 4.03. The maximum Gasteiger partial charge on any atom is 0.374 e. The Labute approximate surface area is 142 Å². The third kappa shape index (κ3) is 2.65. The second-order valence-electron chi connectivity index (χ2n) is 5.69. The Morgan fingerprint density at radius 3 is 2.72 bits per heavy atom. The fraction of sp³-hybridized carbons (Fsp3) is 0.235. The first-order valence-electron chi connectivity index (χ1n) is 7.42. The lowest BCUT2D eigenvalue weighted by Crippen LogP contribution is -2.41. The number of urea groups is 1. The number of nitrogens with zero attached hydrogens (tertiary/aromatic N) is 1. The van der Waals surface area contributed by atoms with Crippen LogP contribution in [-0.2, 0) is 21.6 Å². The average Bonchev–Trinajstić information content (AvgIpc) is 3.14. The maximum absolute atomic E-state index is 14.1. The molecular weight excluding hydrogens is 331 g/mol. The summed E-state index contributed by atoms with van der Waals surface area (Å²) in [5, 5.41) is 2.51. The maximum atomic E-state index is 14.1. The summed E-state index contributed by atoms with van der Waals surface area (Å²) in [6.45, 7) is 1.23. The van der Waals surface area contributed by atoms with Crippen molar-refractivity contribution in [3.05, 3.63) is 59.3 Å². The topological polar surface area (TPSA) is 88.8 Å². The molecule has 1 aromatic carbocycles. The Bertz CT molecular complexity index is 862. The number of hydrogen-bond donors (Lipinski definition) is 1. The number of carbonyl (C=O) groups is 3. The van der Waals surface area contributed by atoms with Crippen molar-refractivity contribution in [1.82, 2.24) is 10.2 Å². The quantitative estimate of drug-likeness (QED) is 0.677. The van der Waals surface area contributed by atoms with Gasteiger partial charge in [0.25, 0.3) is 5.91 Å². The van der Waals surface area contributed by atoms with E-state index in [0.29, 0.717) is 5.56 Å². The van der Waals surface area contributed by atoms with Gasteiger partial charge in [-0.1, -0.05) is 18.2 Å². The van der Waals surface area contributed by atoms with Crippen molar-refractivity contribution in [3.63, 3.8) is 0 Å². The zero-order valence-corrected chi connectivity index (χ0v) is 13.5. The molecule has 0 saturated carbocycles. The van der Waals surface area contributed by atoms with E-state index in [9.17, 15) is 18.8 Å². The van der Waals surface area contributed by atoms with Crippen LogP contribution in [-0.4, -0.2) is 29.9 Å². The SMILES string of the molecule is COC(=O)c1occc1CN1C(=O)N[C@@](C)(c2ccccc2F)C1=O. The van der Waals surface area contributed by atoms with Gasteiger partial charge in [0.15, 0.2) is 0 Å². The number of carbonyl (C=O) groups excluding carboxylic acids is 3. The number of hydrogen-bond acceptors (Lipinski definition) is 5. The number of rotatable bonds is 4. The molecule has 7 nitrogen and oxygen atoms in total. The Morgan fingerprint density at radius 1 is 1.32 bits per heavy atom. The van der Waals surface area contributed by atoms with Gasteiger partial charge in [-0.2, -0.15) is 0 Å². The monoisotopic (exact) mass is 346 g/mol. The summed E-state index contributed by atoms with van der Waals surface area (Å²) >= 11 is 0. The number of benzene rings is 1. The Balaban J connectivity index is 1.92. The molecule has 0 aliphatic carbocycles. The number of esters is 1. The van der Waals surface area contributed by atoms with Crippen LogP contribution in [0.1, 0.15) is 28.6 Å². The number of furan rings is 1. The summed E-state index contributed by atoms with van der Waals surface area (Å²) in [6, 6.07) is 6.51. The lowest BCUT2D eigenvalue weighted by Gasteiger charge is -2.22. The van der Waals surface area contributed by atoms with Gasteiger partial charge in [0.1, 0.15) is 11.4 Å². The van der Waals surface area contributed by atoms with E-state index in [0.717, 1.165) is 4.90 Å². The summed E-state index contributed by atoms with van der Waals surface area (Å²) in [4.78, 5) is 37.6. The largest absolute Gasteiger partial charge is 0.463 e. The molecule has 0 unspecified atom stereocenters. The molecule has 130 valence electrons. The van der Waals surface area contributed by atoms with E-state index < -0.39 is 29.3 Å². The number of ether oxygens (including phenoxy) is 1. The average molecular weight is 346 g/mol. The van der Waals surface area contributed by atoms with Gasteiger partial charge < -0.3 is 14.5 Å². The molecule has 1 fully saturated rings. The first-order valence-corrected chi connectivity index (χ1v) is 7.42. The fourth-order valence-corrected chi connectivity index (χ4v) is 2.79. The molecular formula is C17H15FN2O5. The molecule has 1 aromatic heterocycles. The molecule has 0 spiro atoms. The van der Waals surface area contributed by atoms with Gasteiger partial charge in [0.2, 0.25) is 5.76 Å². The van der Waals surface area contributed by atoms with Crippen LogP contribution in [0.15, 0.2) is 41.0 Å². The summed E-state index contributed by atoms with van der Waals surface area (Å²) in [6.07, 6.45) is 1.26. The van der Waals surface area contributed by atoms with Crippen LogP contribution in [0, 0.1) is 5.82 Å². The molecule has 8 heteroatoms. The molecule has 3 rings (SSSR count). The third-order valence-corrected chi connectivity index (χ3v) is 4.13. The van der Waals surface area contributed by atoms with Crippen LogP contribution in [0.2, 0.25) is 0 Å². The van der Waals surface area contributed by atoms with E-state index in [2.05, 4.69) is 10.1 Å². The van der Waals surface area contributed by atoms with E-state index in [1.807, 2.05) is 0 Å². The molecule has 1 N–H and O–H groups in total. The number of methoxy groups -OCH3 is 1. The van der Waals surface area contributed by atoms with E-state index in [-0.39, 0.29) is 17.9 Å². The van der Waals surface area contributed by atoms with E-state index in [4.69, 9.17) is 4.42 Å². The zero-order valence-electron chi connectivity index (χ0n) is 13.5. The van der Waals surface area contributed by atoms with Crippen LogP contribution < -0.4 is 5.32 Å². The van der Waals surface area contributed by atoms with E-state index >= 15 is 0 Å². The van der Waals surface area contributed by atoms with Crippen molar-refractivity contribution in [1.29, 1.82) is 0 Å². The normalized spacial score (nSPS) is 19.9. The highest BCUT2D eigenvalue weighted by molar-refractivity contribution is 6.07. The molecule has 1 aliphatic rings. The summed E-state index contributed by atoms with van der Waals surface area (Å²) in [5.41, 5.74) is -1.15. The minimum absolute atomic E-state index is 0.0660. The predicted octanol–water partition coefficient (Wildman–Crippen LogP) is 2.17. The van der Waals surface area contributed by atoms with Crippen LogP contribution in [0.25, 0.3) is 0 Å². The van der Waals surface area contributed by atoms with Crippen LogP contribution in [0.3, 0.4) is 0 Å². The standard InChI is InChI=1S/C17H15FN2O5/c1-17(11-5-3-4-6-12(11)18)15(22)20(16(23)19-17)9-10-7-8-25-13(10)14(21)24-2/h3-8H,9H2,1-2H3,(H,19,23)/t17-/m0/s1. The molecule has 1 saturated heterocycles. The second kappa shape index (κ2) is 6.04. The second-order valence-corrected chi connectivity index (χ2v) is 5.69. The predicted molar refractivity (Wildman–Crippen MR) is 82.9 cm³/mol. The van der Waals surface area contributed by atoms with Gasteiger partial charge in [-0.05, 0) is 19.1 Å². The van der Waals surface area contributed by atoms with Crippen molar-refractivity contribution in [2.45, 2.75) is 19.0 Å². The molecule has 1 atom stereocenters. The molecule has 0 radical (unpaired) electrons. The number of amides is 3. The molecule has 2 aromatic rings. The Hall–Kier alpha value is -3.16. The van der Waals surface area contributed by atoms with Gasteiger partial charge >= 0.3 is 12.0 Å². The minimum atomic E-state index is -1.53. The van der Waals surface area contributed by atoms with E-state index in [1.165, 1.54) is 44.6 Å². The smallest absolute Gasteiger partial charge is 0.374 e. The molecule has 25 heavy (non-hydrogen) atoms. The molecule has 1 aliphatic heterocycles. The van der Waals surface area contributed by atoms with Gasteiger partial charge in [-0.25, -0.2) is 14.0 Å². The van der Waals surface area contributed by atoms with Crippen LogP contribution in [0.4, 0.5) is 9.18 Å². The van der Waals surface area contributed by atoms with Gasteiger partial charge in [0.05, 0.1) is 19.9 Å². The van der Waals surface area contributed by atoms with Crippen molar-refractivity contribution in [2.24, 2.45) is 0 Å². The van der Waals surface area contributed by atoms with Crippen molar-refractivity contribution in [2.75, 3.05) is 7.11 Å². The first kappa shape index (κ1) is 16.7. The van der Waals surface area contributed by atoms with Gasteiger partial charge in [-0.3, -0.25) is 9.69 Å². The van der Waals surface area contributed by atoms with Crippen molar-refractivity contribution >= 4 is 17.9 Å². The molecule has 0 bridgehead atoms. The van der Waals surface area contributed by atoms with Gasteiger partial charge in [-0.15, -0.1) is 0 Å². The summed E-state index contributed by atoms with van der Waals surface area (Å²) < 4.78 is 23.8. The zero-order chi connectivity index (χ0) is 18.2. The summed E-state index contributed by atoms with van der Waals surface area (Å²) in [7, 11) is 1.19. The van der Waals surface area contributed by atoms with Crippen molar-refractivity contribution < 1.29 is 27.9 Å². The number of nitrogens with one attached hydrogen (secondary N) is 1. The van der Waals surface area contributed by atoms with E-state index in [1.54, 1.807) is 6.07 Å². The Morgan fingerprint density at radius 2 is 2.04 bits per heavy atom. The van der Waals surface area contributed by atoms with Crippen molar-refractivity contribution in [3.8, 4) is 0 Å². The first-order chi connectivity index (χ1) is 11.9. The molecule has 2 heterocycles. The third-order valence-electron chi connectivity index (χ3n) is 4.13. The fourth-order valence-electron chi connectivity index (χ4n) is 2.79. The lowest BCUT2D eigenvalue weighted by atomic mass is 9.91. The van der Waals surface area contributed by atoms with Gasteiger partial charge in [0, 0.05) is 11.1 Å². The number of halogens is 1. The summed E-state index contributed by atoms with van der Waals surface area (Å²) in [5.74, 6) is -2.04. The lowest BCUT2D eigenvalue weighted by molar-refractivity contribution is -0.131. The molecule has 3 amide bonds. The van der Waals surface area contributed by atoms with Crippen LogP contribution in [0.5, 0.6) is 0 Å².